The van der Waals surface area contributed by atoms with Gasteiger partial charge in [-0.1, -0.05) is 17.7 Å². The number of sulfonamides is 1. The van der Waals surface area contributed by atoms with Crippen LogP contribution in [0.2, 0.25) is 5.02 Å². The Morgan fingerprint density at radius 1 is 1.16 bits per heavy atom. The van der Waals surface area contributed by atoms with Crippen molar-refractivity contribution < 1.29 is 12.8 Å². The van der Waals surface area contributed by atoms with Crippen LogP contribution in [0.15, 0.2) is 64.3 Å². The van der Waals surface area contributed by atoms with Crippen molar-refractivity contribution >= 4 is 33.0 Å². The summed E-state index contributed by atoms with van der Waals surface area (Å²) in [4.78, 5) is 4.15. The van der Waals surface area contributed by atoms with E-state index in [1.807, 2.05) is 16.8 Å². The Hall–Kier alpha value is -1.80. The lowest BCUT2D eigenvalue weighted by molar-refractivity contribution is 0.397. The van der Waals surface area contributed by atoms with Crippen molar-refractivity contribution in [2.45, 2.75) is 18.0 Å². The lowest BCUT2D eigenvalue weighted by Crippen LogP contribution is -2.30. The molecule has 0 unspecified atom stereocenters. The summed E-state index contributed by atoms with van der Waals surface area (Å²) in [5.74, 6) is -0.658. The first-order valence-corrected chi connectivity index (χ1v) is 10.1. The monoisotopic (exact) mass is 396 g/mol. The zero-order valence-electron chi connectivity index (χ0n) is 13.0. The van der Waals surface area contributed by atoms with Gasteiger partial charge < -0.3 is 0 Å². The van der Waals surface area contributed by atoms with Gasteiger partial charge in [0, 0.05) is 12.7 Å². The van der Waals surface area contributed by atoms with Crippen molar-refractivity contribution in [3.05, 3.63) is 81.5 Å². The average Bonchev–Trinajstić information content (AvgIpc) is 3.11. The summed E-state index contributed by atoms with van der Waals surface area (Å²) < 4.78 is 40.8. The minimum atomic E-state index is -3.87. The molecule has 3 aromatic rings. The predicted molar refractivity (Wildman–Crippen MR) is 96.4 cm³/mol. The van der Waals surface area contributed by atoms with E-state index in [0.717, 1.165) is 17.7 Å². The van der Waals surface area contributed by atoms with Gasteiger partial charge >= 0.3 is 0 Å². The summed E-state index contributed by atoms with van der Waals surface area (Å²) in [7, 11) is -3.87. The molecule has 0 bridgehead atoms. The molecule has 0 saturated heterocycles. The summed E-state index contributed by atoms with van der Waals surface area (Å²) in [6, 6.07) is 10.6. The largest absolute Gasteiger partial charge is 0.260 e. The highest BCUT2D eigenvalue weighted by atomic mass is 35.5. The van der Waals surface area contributed by atoms with E-state index in [1.54, 1.807) is 24.4 Å². The maximum absolute atomic E-state index is 13.4. The molecule has 0 atom stereocenters. The standard InChI is InChI=1S/C17H14ClFN2O2S2/c18-16-9-15(4-5-17(16)19)25(22,23)21(10-13-6-8-24-12-13)11-14-3-1-2-7-20-14/h1-9,12H,10-11H2. The van der Waals surface area contributed by atoms with Crippen molar-refractivity contribution in [1.82, 2.24) is 9.29 Å². The number of hydrogen-bond acceptors (Lipinski definition) is 4. The second-order valence-electron chi connectivity index (χ2n) is 5.30. The summed E-state index contributed by atoms with van der Waals surface area (Å²) in [6.45, 7) is 0.297. The van der Waals surface area contributed by atoms with Gasteiger partial charge in [-0.05, 0) is 52.7 Å². The van der Waals surface area contributed by atoms with E-state index in [9.17, 15) is 12.8 Å². The normalized spacial score (nSPS) is 11.8. The van der Waals surface area contributed by atoms with Crippen LogP contribution in [0.25, 0.3) is 0 Å². The fourth-order valence-corrected chi connectivity index (χ4v) is 4.60. The van der Waals surface area contributed by atoms with E-state index in [-0.39, 0.29) is 23.0 Å². The first-order chi connectivity index (χ1) is 12.0. The molecule has 0 aliphatic rings. The Morgan fingerprint density at radius 2 is 2.00 bits per heavy atom. The molecule has 0 aliphatic carbocycles. The molecular weight excluding hydrogens is 383 g/mol. The predicted octanol–water partition coefficient (Wildman–Crippen LogP) is 4.33. The van der Waals surface area contributed by atoms with Crippen LogP contribution in [0.3, 0.4) is 0 Å². The molecule has 0 aliphatic heterocycles. The number of pyridine rings is 1. The van der Waals surface area contributed by atoms with Crippen molar-refractivity contribution in [3.8, 4) is 0 Å². The van der Waals surface area contributed by atoms with Gasteiger partial charge in [-0.3, -0.25) is 4.98 Å². The van der Waals surface area contributed by atoms with Crippen LogP contribution in [0.4, 0.5) is 4.39 Å². The molecule has 1 aromatic carbocycles. The second kappa shape index (κ2) is 7.61. The number of rotatable bonds is 6. The van der Waals surface area contributed by atoms with Crippen LogP contribution in [0, 0.1) is 5.82 Å². The minimum absolute atomic E-state index is 0.0509. The highest BCUT2D eigenvalue weighted by Gasteiger charge is 2.26. The van der Waals surface area contributed by atoms with Crippen LogP contribution in [0.1, 0.15) is 11.3 Å². The number of halogens is 2. The topological polar surface area (TPSA) is 50.3 Å². The number of aromatic nitrogens is 1. The molecule has 0 fully saturated rings. The van der Waals surface area contributed by atoms with Crippen molar-refractivity contribution in [2.24, 2.45) is 0 Å². The Bertz CT molecular complexity index is 948. The first-order valence-electron chi connectivity index (χ1n) is 7.33. The van der Waals surface area contributed by atoms with Gasteiger partial charge in [-0.25, -0.2) is 12.8 Å². The summed E-state index contributed by atoms with van der Waals surface area (Å²) in [5, 5.41) is 3.54. The molecule has 4 nitrogen and oxygen atoms in total. The third-order valence-corrected chi connectivity index (χ3v) is 6.34. The molecule has 3 rings (SSSR count). The van der Waals surface area contributed by atoms with E-state index >= 15 is 0 Å². The molecule has 130 valence electrons. The Morgan fingerprint density at radius 3 is 2.64 bits per heavy atom. The quantitative estimate of drug-likeness (QED) is 0.623. The zero-order valence-corrected chi connectivity index (χ0v) is 15.4. The molecule has 8 heteroatoms. The average molecular weight is 397 g/mol. The molecule has 0 amide bonds. The van der Waals surface area contributed by atoms with Gasteiger partial charge in [0.2, 0.25) is 10.0 Å². The summed E-state index contributed by atoms with van der Waals surface area (Å²) >= 11 is 7.25. The van der Waals surface area contributed by atoms with Gasteiger partial charge in [-0.2, -0.15) is 15.6 Å². The Balaban J connectivity index is 1.97. The van der Waals surface area contributed by atoms with E-state index in [4.69, 9.17) is 11.6 Å². The van der Waals surface area contributed by atoms with Gasteiger partial charge in [0.15, 0.2) is 0 Å². The smallest absolute Gasteiger partial charge is 0.243 e. The van der Waals surface area contributed by atoms with E-state index in [1.165, 1.54) is 21.7 Å². The van der Waals surface area contributed by atoms with E-state index in [2.05, 4.69) is 4.98 Å². The van der Waals surface area contributed by atoms with Gasteiger partial charge in [0.25, 0.3) is 0 Å². The van der Waals surface area contributed by atoms with Gasteiger partial charge in [-0.15, -0.1) is 0 Å². The Labute approximate surface area is 154 Å². The van der Waals surface area contributed by atoms with Crippen LogP contribution >= 0.6 is 22.9 Å². The van der Waals surface area contributed by atoms with Crippen molar-refractivity contribution in [1.29, 1.82) is 0 Å². The van der Waals surface area contributed by atoms with Crippen LogP contribution in [-0.2, 0) is 23.1 Å². The molecule has 0 N–H and O–H groups in total. The summed E-state index contributed by atoms with van der Waals surface area (Å²) in [6.07, 6.45) is 1.61. The zero-order chi connectivity index (χ0) is 17.9. The van der Waals surface area contributed by atoms with Crippen LogP contribution in [0.5, 0.6) is 0 Å². The molecule has 25 heavy (non-hydrogen) atoms. The second-order valence-corrected chi connectivity index (χ2v) is 8.43. The molecule has 0 saturated carbocycles. The van der Waals surface area contributed by atoms with Crippen LogP contribution in [-0.4, -0.2) is 17.7 Å². The molecule has 0 radical (unpaired) electrons. The lowest BCUT2D eigenvalue weighted by atomic mass is 10.3. The molecule has 2 heterocycles. The number of thiophene rings is 1. The highest BCUT2D eigenvalue weighted by Crippen LogP contribution is 2.25. The third-order valence-electron chi connectivity index (χ3n) is 3.53. The maximum atomic E-state index is 13.4. The Kier molecular flexibility index (Phi) is 5.48. The van der Waals surface area contributed by atoms with Gasteiger partial charge in [0.05, 0.1) is 22.2 Å². The van der Waals surface area contributed by atoms with Crippen LogP contribution < -0.4 is 0 Å². The molecule has 2 aromatic heterocycles. The van der Waals surface area contributed by atoms with Crippen molar-refractivity contribution in [3.63, 3.8) is 0 Å². The SMILES string of the molecule is O=S(=O)(c1ccc(F)c(Cl)c1)N(Cc1ccsc1)Cc1ccccn1. The van der Waals surface area contributed by atoms with E-state index < -0.39 is 15.8 Å². The third kappa shape index (κ3) is 4.24. The number of hydrogen-bond donors (Lipinski definition) is 0. The number of benzene rings is 1. The van der Waals surface area contributed by atoms with Crippen molar-refractivity contribution in [2.75, 3.05) is 0 Å². The maximum Gasteiger partial charge on any atom is 0.243 e. The lowest BCUT2D eigenvalue weighted by Gasteiger charge is -2.21. The number of nitrogens with zero attached hydrogens (tertiary/aromatic N) is 2. The minimum Gasteiger partial charge on any atom is -0.260 e. The fraction of sp³-hybridized carbons (Fsp3) is 0.118. The highest BCUT2D eigenvalue weighted by molar-refractivity contribution is 7.89. The van der Waals surface area contributed by atoms with Gasteiger partial charge in [0.1, 0.15) is 5.82 Å². The first kappa shape index (κ1) is 18.0. The molecule has 0 spiro atoms. The summed E-state index contributed by atoms with van der Waals surface area (Å²) in [5.41, 5.74) is 1.49. The molecular formula is C17H14ClFN2O2S2. The van der Waals surface area contributed by atoms with E-state index in [0.29, 0.717) is 5.69 Å². The fourth-order valence-electron chi connectivity index (χ4n) is 2.27.